The highest BCUT2D eigenvalue weighted by Crippen LogP contribution is 2.35. The molecule has 0 aliphatic carbocycles. The maximum Gasteiger partial charge on any atom is 0.343 e. The van der Waals surface area contributed by atoms with Gasteiger partial charge < -0.3 is 23.8 Å². The van der Waals surface area contributed by atoms with Gasteiger partial charge in [-0.15, -0.1) is 0 Å². The third-order valence-electron chi connectivity index (χ3n) is 5.54. The summed E-state index contributed by atoms with van der Waals surface area (Å²) in [4.78, 5) is 52.9. The number of methoxy groups -OCH3 is 2. The van der Waals surface area contributed by atoms with E-state index in [1.165, 1.54) is 26.4 Å². The lowest BCUT2D eigenvalue weighted by atomic mass is 10.1. The van der Waals surface area contributed by atoms with Crippen LogP contribution >= 0.6 is 11.8 Å². The average Bonchev–Trinajstić information content (AvgIpc) is 3.17. The van der Waals surface area contributed by atoms with Gasteiger partial charge in [0.05, 0.1) is 37.9 Å². The Hall–Kier alpha value is -3.83. The second-order valence-corrected chi connectivity index (χ2v) is 8.78. The summed E-state index contributed by atoms with van der Waals surface area (Å²) >= 11 is 0.761. The number of carbonyl (C=O) groups excluding carboxylic acids is 4. The van der Waals surface area contributed by atoms with Crippen molar-refractivity contribution in [2.75, 3.05) is 47.1 Å². The Morgan fingerprint density at radius 1 is 1.00 bits per heavy atom. The summed E-state index contributed by atoms with van der Waals surface area (Å²) < 4.78 is 21.1. The standard InChI is InChI=1S/C25H24N2O8S/c1-32-18-6-4-17(5-7-18)24(30)35-19-8-3-16(13-20(19)33-2)14-21-23(29)27(25(31)36-21)15-22(28)26-9-11-34-12-10-26/h3-8,13-14H,9-12,15H2,1-2H3/b21-14-. The second kappa shape index (κ2) is 11.3. The van der Waals surface area contributed by atoms with Crippen molar-refractivity contribution in [2.45, 2.75) is 0 Å². The van der Waals surface area contributed by atoms with E-state index in [0.717, 1.165) is 16.7 Å². The topological polar surface area (TPSA) is 112 Å². The minimum atomic E-state index is -0.574. The van der Waals surface area contributed by atoms with Crippen LogP contribution in [0.2, 0.25) is 0 Å². The summed E-state index contributed by atoms with van der Waals surface area (Å²) in [5, 5.41) is -0.509. The zero-order chi connectivity index (χ0) is 25.7. The van der Waals surface area contributed by atoms with Gasteiger partial charge in [-0.1, -0.05) is 6.07 Å². The van der Waals surface area contributed by atoms with Crippen LogP contribution in [-0.2, 0) is 14.3 Å². The van der Waals surface area contributed by atoms with Crippen molar-refractivity contribution in [3.63, 3.8) is 0 Å². The Bertz CT molecular complexity index is 1210. The van der Waals surface area contributed by atoms with Crippen molar-refractivity contribution in [2.24, 2.45) is 0 Å². The van der Waals surface area contributed by atoms with E-state index >= 15 is 0 Å². The van der Waals surface area contributed by atoms with Gasteiger partial charge in [0.2, 0.25) is 5.91 Å². The van der Waals surface area contributed by atoms with Gasteiger partial charge in [0.1, 0.15) is 12.3 Å². The SMILES string of the molecule is COc1ccc(C(=O)Oc2ccc(/C=C3\SC(=O)N(CC(=O)N4CCOCC4)C3=O)cc2OC)cc1. The van der Waals surface area contributed by atoms with E-state index in [1.54, 1.807) is 41.3 Å². The van der Waals surface area contributed by atoms with Crippen molar-refractivity contribution in [3.8, 4) is 17.2 Å². The van der Waals surface area contributed by atoms with Crippen LogP contribution in [0.3, 0.4) is 0 Å². The Labute approximate surface area is 211 Å². The fourth-order valence-corrected chi connectivity index (χ4v) is 4.42. The van der Waals surface area contributed by atoms with E-state index in [1.807, 2.05) is 0 Å². The lowest BCUT2D eigenvalue weighted by Crippen LogP contribution is -2.46. The van der Waals surface area contributed by atoms with E-state index < -0.39 is 17.1 Å². The van der Waals surface area contributed by atoms with Gasteiger partial charge >= 0.3 is 5.97 Å². The first kappa shape index (κ1) is 25.3. The number of benzene rings is 2. The molecule has 0 unspecified atom stereocenters. The zero-order valence-corrected chi connectivity index (χ0v) is 20.5. The first-order valence-corrected chi connectivity index (χ1v) is 11.9. The number of hydrogen-bond acceptors (Lipinski definition) is 9. The largest absolute Gasteiger partial charge is 0.497 e. The average molecular weight is 513 g/mol. The molecular formula is C25H24N2O8S. The van der Waals surface area contributed by atoms with E-state index in [0.29, 0.717) is 43.2 Å². The van der Waals surface area contributed by atoms with E-state index in [9.17, 15) is 19.2 Å². The highest BCUT2D eigenvalue weighted by atomic mass is 32.2. The molecule has 3 amide bonds. The molecule has 2 aromatic rings. The van der Waals surface area contributed by atoms with Crippen LogP contribution in [0.1, 0.15) is 15.9 Å². The van der Waals surface area contributed by atoms with Crippen LogP contribution in [0.15, 0.2) is 47.4 Å². The maximum atomic E-state index is 12.8. The number of carbonyl (C=O) groups is 4. The minimum Gasteiger partial charge on any atom is -0.497 e. The molecule has 2 fully saturated rings. The number of nitrogens with zero attached hydrogens (tertiary/aromatic N) is 2. The lowest BCUT2D eigenvalue weighted by Gasteiger charge is -2.28. The molecule has 2 heterocycles. The smallest absolute Gasteiger partial charge is 0.343 e. The summed E-state index contributed by atoms with van der Waals surface area (Å²) in [7, 11) is 2.96. The van der Waals surface area contributed by atoms with Gasteiger partial charge in [0.15, 0.2) is 11.5 Å². The summed E-state index contributed by atoms with van der Waals surface area (Å²) in [6, 6.07) is 11.2. The van der Waals surface area contributed by atoms with Crippen molar-refractivity contribution < 1.29 is 38.1 Å². The summed E-state index contributed by atoms with van der Waals surface area (Å²) in [6.07, 6.45) is 1.53. The third-order valence-corrected chi connectivity index (χ3v) is 6.45. The normalized spacial score (nSPS) is 16.9. The fraction of sp³-hybridized carbons (Fsp3) is 0.280. The summed E-state index contributed by atoms with van der Waals surface area (Å²) in [6.45, 7) is 1.41. The summed E-state index contributed by atoms with van der Waals surface area (Å²) in [5.74, 6) is -0.336. The van der Waals surface area contributed by atoms with Crippen LogP contribution in [0.25, 0.3) is 6.08 Å². The predicted octanol–water partition coefficient (Wildman–Crippen LogP) is 2.82. The van der Waals surface area contributed by atoms with Crippen molar-refractivity contribution in [1.82, 2.24) is 9.80 Å². The first-order valence-electron chi connectivity index (χ1n) is 11.0. The molecule has 0 aromatic heterocycles. The van der Waals surface area contributed by atoms with Gasteiger partial charge in [-0.2, -0.15) is 0 Å². The minimum absolute atomic E-state index is 0.180. The van der Waals surface area contributed by atoms with Crippen LogP contribution in [-0.4, -0.2) is 79.9 Å². The number of esters is 1. The Morgan fingerprint density at radius 3 is 2.39 bits per heavy atom. The van der Waals surface area contributed by atoms with E-state index in [4.69, 9.17) is 18.9 Å². The third kappa shape index (κ3) is 5.69. The van der Waals surface area contributed by atoms with Gasteiger partial charge in [0.25, 0.3) is 11.1 Å². The Balaban J connectivity index is 1.45. The molecule has 188 valence electrons. The molecule has 0 N–H and O–H groups in total. The quantitative estimate of drug-likeness (QED) is 0.314. The molecule has 2 aliphatic rings. The number of amides is 3. The number of rotatable bonds is 7. The molecule has 2 aliphatic heterocycles. The van der Waals surface area contributed by atoms with Crippen LogP contribution in [0.4, 0.5) is 4.79 Å². The monoisotopic (exact) mass is 512 g/mol. The molecule has 0 bridgehead atoms. The molecule has 0 spiro atoms. The predicted molar refractivity (Wildman–Crippen MR) is 131 cm³/mol. The molecular weight excluding hydrogens is 488 g/mol. The zero-order valence-electron chi connectivity index (χ0n) is 19.7. The maximum absolute atomic E-state index is 12.8. The lowest BCUT2D eigenvalue weighted by molar-refractivity contribution is -0.139. The number of thioether (sulfide) groups is 1. The second-order valence-electron chi connectivity index (χ2n) is 7.79. The van der Waals surface area contributed by atoms with Crippen LogP contribution in [0.5, 0.6) is 17.2 Å². The highest BCUT2D eigenvalue weighted by molar-refractivity contribution is 8.18. The molecule has 0 radical (unpaired) electrons. The number of hydrogen-bond donors (Lipinski definition) is 0. The van der Waals surface area contributed by atoms with Gasteiger partial charge in [0, 0.05) is 13.1 Å². The molecule has 0 saturated carbocycles. The van der Waals surface area contributed by atoms with Crippen molar-refractivity contribution in [3.05, 3.63) is 58.5 Å². The van der Waals surface area contributed by atoms with Crippen LogP contribution in [0, 0.1) is 0 Å². The molecule has 0 atom stereocenters. The van der Waals surface area contributed by atoms with E-state index in [-0.39, 0.29) is 28.9 Å². The molecule has 36 heavy (non-hydrogen) atoms. The molecule has 2 aromatic carbocycles. The van der Waals surface area contributed by atoms with Gasteiger partial charge in [-0.3, -0.25) is 19.3 Å². The van der Waals surface area contributed by atoms with Crippen molar-refractivity contribution >= 4 is 40.9 Å². The molecule has 10 nitrogen and oxygen atoms in total. The molecule has 4 rings (SSSR count). The number of imide groups is 1. The van der Waals surface area contributed by atoms with Gasteiger partial charge in [-0.25, -0.2) is 4.79 Å². The van der Waals surface area contributed by atoms with Crippen LogP contribution < -0.4 is 14.2 Å². The fourth-order valence-electron chi connectivity index (χ4n) is 3.58. The number of morpholine rings is 1. The molecule has 2 saturated heterocycles. The number of ether oxygens (including phenoxy) is 4. The Kier molecular flexibility index (Phi) is 7.91. The van der Waals surface area contributed by atoms with E-state index in [2.05, 4.69) is 0 Å². The highest BCUT2D eigenvalue weighted by Gasteiger charge is 2.37. The van der Waals surface area contributed by atoms with Gasteiger partial charge in [-0.05, 0) is 59.8 Å². The van der Waals surface area contributed by atoms with Crippen molar-refractivity contribution in [1.29, 1.82) is 0 Å². The Morgan fingerprint density at radius 2 is 1.72 bits per heavy atom. The first-order chi connectivity index (χ1) is 17.4. The summed E-state index contributed by atoms with van der Waals surface area (Å²) in [5.41, 5.74) is 0.892. The molecule has 11 heteroatoms.